The van der Waals surface area contributed by atoms with Crippen LogP contribution in [-0.2, 0) is 43.2 Å². The largest absolute Gasteiger partial charge is 0.356 e. The normalized spacial score (nSPS) is 20.1. The summed E-state index contributed by atoms with van der Waals surface area (Å²) in [6, 6.07) is -3.92. The van der Waals surface area contributed by atoms with Gasteiger partial charge in [-0.15, -0.1) is 0 Å². The van der Waals surface area contributed by atoms with Crippen LogP contribution < -0.4 is 37.2 Å². The molecule has 20 nitrogen and oxygen atoms in total. The molecular formula is C27H45N9O11. The van der Waals surface area contributed by atoms with Crippen molar-refractivity contribution in [3.05, 3.63) is 0 Å². The zero-order valence-corrected chi connectivity index (χ0v) is 26.7. The number of nitrogens with one attached hydrogen (secondary N) is 7. The molecule has 264 valence electrons. The minimum absolute atomic E-state index is 0.00376. The molecule has 1 saturated heterocycles. The van der Waals surface area contributed by atoms with E-state index in [4.69, 9.17) is 0 Å². The number of carbonyl (C=O) groups excluding carboxylic acids is 9. The predicted octanol–water partition coefficient (Wildman–Crippen LogP) is -4.24. The predicted molar refractivity (Wildman–Crippen MR) is 160 cm³/mol. The number of hydrogen-bond acceptors (Lipinski definition) is 11. The SMILES string of the molecule is CC(=O)NCCC[C@@H]1NC(=O)CNC(=O)CNC(=O)CNC(=O)[C@@H](CCCN(O)C(C)=O)NC(=O)[C@@H](CCCN(O)C(C)=O)NC1=O. The molecule has 1 heterocycles. The third-order valence-electron chi connectivity index (χ3n) is 6.73. The maximum atomic E-state index is 13.5. The highest BCUT2D eigenvalue weighted by Gasteiger charge is 2.30. The van der Waals surface area contributed by atoms with Crippen molar-refractivity contribution in [2.75, 3.05) is 39.3 Å². The molecule has 1 aliphatic rings. The Balaban J connectivity index is 3.33. The smallest absolute Gasteiger partial charge is 0.243 e. The van der Waals surface area contributed by atoms with E-state index in [9.17, 15) is 53.6 Å². The Labute approximate surface area is 271 Å². The van der Waals surface area contributed by atoms with Gasteiger partial charge in [-0.2, -0.15) is 0 Å². The van der Waals surface area contributed by atoms with Crippen LogP contribution in [0.1, 0.15) is 59.3 Å². The summed E-state index contributed by atoms with van der Waals surface area (Å²) < 4.78 is 0. The van der Waals surface area contributed by atoms with Crippen LogP contribution >= 0.6 is 0 Å². The first kappa shape index (κ1) is 40.2. The first-order chi connectivity index (χ1) is 22.1. The highest BCUT2D eigenvalue weighted by Crippen LogP contribution is 2.07. The quantitative estimate of drug-likeness (QED) is 0.0544. The number of rotatable bonds is 12. The standard InChI is InChI=1S/C27H45N9O11/c1-16(37)28-10-4-7-20-26(44)34-21(9-6-12-36(47)18(3)39)27(45)33-19(8-5-11-35(46)17(2)38)25(43)31-14-23(41)29-13-22(40)30-15-24(42)32-20/h19-21,46-47H,4-15H2,1-3H3,(H,28,37)(H,29,41)(H,30,40)(H,31,43)(H,32,42)(H,33,45)(H,34,44)/t19-,20+,21-/m1/s1. The van der Waals surface area contributed by atoms with E-state index >= 15 is 0 Å². The van der Waals surface area contributed by atoms with E-state index in [2.05, 4.69) is 37.2 Å². The average molecular weight is 672 g/mol. The summed E-state index contributed by atoms with van der Waals surface area (Å²) >= 11 is 0. The van der Waals surface area contributed by atoms with Crippen molar-refractivity contribution in [2.24, 2.45) is 0 Å². The Morgan fingerprint density at radius 1 is 0.617 bits per heavy atom. The topological polar surface area (TPSA) is 285 Å². The maximum Gasteiger partial charge on any atom is 0.243 e. The van der Waals surface area contributed by atoms with Crippen LogP contribution in [0.2, 0.25) is 0 Å². The summed E-state index contributed by atoms with van der Waals surface area (Å²) in [4.78, 5) is 111. The summed E-state index contributed by atoms with van der Waals surface area (Å²) in [6.45, 7) is 1.63. The van der Waals surface area contributed by atoms with E-state index in [0.717, 1.165) is 13.8 Å². The molecule has 20 heteroatoms. The number of amides is 9. The highest BCUT2D eigenvalue weighted by molar-refractivity contribution is 5.96. The zero-order chi connectivity index (χ0) is 35.5. The van der Waals surface area contributed by atoms with E-state index in [-0.39, 0.29) is 64.1 Å². The van der Waals surface area contributed by atoms with Crippen LogP contribution in [0.3, 0.4) is 0 Å². The van der Waals surface area contributed by atoms with E-state index in [1.807, 2.05) is 0 Å². The minimum atomic E-state index is -1.36. The minimum Gasteiger partial charge on any atom is -0.356 e. The number of nitrogens with zero attached hydrogens (tertiary/aromatic N) is 2. The van der Waals surface area contributed by atoms with Crippen molar-refractivity contribution >= 4 is 53.2 Å². The summed E-state index contributed by atoms with van der Waals surface area (Å²) in [6.07, 6.45) is 0.00611. The van der Waals surface area contributed by atoms with Gasteiger partial charge in [-0.05, 0) is 38.5 Å². The monoisotopic (exact) mass is 671 g/mol. The van der Waals surface area contributed by atoms with E-state index in [1.165, 1.54) is 6.92 Å². The van der Waals surface area contributed by atoms with Gasteiger partial charge in [-0.25, -0.2) is 10.1 Å². The fraction of sp³-hybridized carbons (Fsp3) is 0.667. The third kappa shape index (κ3) is 16.9. The Hall–Kier alpha value is -4.85. The lowest BCUT2D eigenvalue weighted by molar-refractivity contribution is -0.163. The molecule has 47 heavy (non-hydrogen) atoms. The molecule has 1 aliphatic heterocycles. The number of hydrogen-bond donors (Lipinski definition) is 9. The first-order valence-corrected chi connectivity index (χ1v) is 15.0. The fourth-order valence-electron chi connectivity index (χ4n) is 4.15. The Bertz CT molecular complexity index is 1170. The van der Waals surface area contributed by atoms with Gasteiger partial charge in [-0.1, -0.05) is 0 Å². The highest BCUT2D eigenvalue weighted by atomic mass is 16.5. The average Bonchev–Trinajstić information content (AvgIpc) is 3.00. The van der Waals surface area contributed by atoms with Gasteiger partial charge < -0.3 is 37.2 Å². The van der Waals surface area contributed by atoms with Crippen molar-refractivity contribution in [3.8, 4) is 0 Å². The van der Waals surface area contributed by atoms with Crippen LogP contribution in [-0.4, -0.2) is 131 Å². The van der Waals surface area contributed by atoms with Crippen LogP contribution in [0.4, 0.5) is 0 Å². The van der Waals surface area contributed by atoms with Crippen LogP contribution in [0.5, 0.6) is 0 Å². The lowest BCUT2D eigenvalue weighted by Crippen LogP contribution is -2.58. The van der Waals surface area contributed by atoms with Crippen molar-refractivity contribution in [3.63, 3.8) is 0 Å². The Morgan fingerprint density at radius 2 is 1.02 bits per heavy atom. The number of carbonyl (C=O) groups is 9. The lowest BCUT2D eigenvalue weighted by Gasteiger charge is -2.26. The molecule has 9 amide bonds. The van der Waals surface area contributed by atoms with Crippen LogP contribution in [0.25, 0.3) is 0 Å². The second-order valence-electron chi connectivity index (χ2n) is 10.7. The van der Waals surface area contributed by atoms with Gasteiger partial charge in [0.25, 0.3) is 0 Å². The molecule has 0 saturated carbocycles. The van der Waals surface area contributed by atoms with Crippen molar-refractivity contribution in [1.82, 2.24) is 47.3 Å². The third-order valence-corrected chi connectivity index (χ3v) is 6.73. The molecule has 3 atom stereocenters. The summed E-state index contributed by atoms with van der Waals surface area (Å²) in [5.74, 6) is -6.39. The van der Waals surface area contributed by atoms with Crippen molar-refractivity contribution in [2.45, 2.75) is 77.4 Å². The summed E-state index contributed by atoms with van der Waals surface area (Å²) in [7, 11) is 0. The lowest BCUT2D eigenvalue weighted by atomic mass is 10.1. The van der Waals surface area contributed by atoms with Gasteiger partial charge in [0.1, 0.15) is 18.1 Å². The molecule has 0 unspecified atom stereocenters. The summed E-state index contributed by atoms with van der Waals surface area (Å²) in [5, 5.41) is 37.2. The zero-order valence-electron chi connectivity index (χ0n) is 26.7. The van der Waals surface area contributed by atoms with Gasteiger partial charge in [0.05, 0.1) is 19.6 Å². The molecule has 0 aromatic carbocycles. The van der Waals surface area contributed by atoms with Crippen LogP contribution in [0.15, 0.2) is 0 Å². The molecule has 0 bridgehead atoms. The van der Waals surface area contributed by atoms with Gasteiger partial charge in [0.2, 0.25) is 53.2 Å². The van der Waals surface area contributed by atoms with Gasteiger partial charge in [0.15, 0.2) is 0 Å². The van der Waals surface area contributed by atoms with Gasteiger partial charge in [-0.3, -0.25) is 53.6 Å². The summed E-state index contributed by atoms with van der Waals surface area (Å²) in [5.41, 5.74) is 0. The Kier molecular flexibility index (Phi) is 18.0. The molecule has 0 spiro atoms. The molecule has 1 fully saturated rings. The second kappa shape index (κ2) is 21.0. The maximum absolute atomic E-state index is 13.5. The Morgan fingerprint density at radius 3 is 1.49 bits per heavy atom. The van der Waals surface area contributed by atoms with E-state index in [0.29, 0.717) is 10.1 Å². The van der Waals surface area contributed by atoms with Crippen molar-refractivity contribution in [1.29, 1.82) is 0 Å². The van der Waals surface area contributed by atoms with Crippen LogP contribution in [0, 0.1) is 0 Å². The molecule has 0 aromatic heterocycles. The van der Waals surface area contributed by atoms with Gasteiger partial charge >= 0.3 is 0 Å². The first-order valence-electron chi connectivity index (χ1n) is 15.0. The molecular weight excluding hydrogens is 626 g/mol. The van der Waals surface area contributed by atoms with Gasteiger partial charge in [0, 0.05) is 40.4 Å². The van der Waals surface area contributed by atoms with E-state index in [1.54, 1.807) is 0 Å². The van der Waals surface area contributed by atoms with E-state index < -0.39 is 85.0 Å². The fourth-order valence-corrected chi connectivity index (χ4v) is 4.15. The molecule has 0 aromatic rings. The van der Waals surface area contributed by atoms with Crippen molar-refractivity contribution < 1.29 is 53.6 Å². The molecule has 9 N–H and O–H groups in total. The molecule has 0 aliphatic carbocycles. The molecule has 1 rings (SSSR count). The number of hydroxylamine groups is 4. The molecule has 0 radical (unpaired) electrons. The second-order valence-corrected chi connectivity index (χ2v) is 10.7.